The zero-order chi connectivity index (χ0) is 14.8. The second-order valence-electron chi connectivity index (χ2n) is 3.81. The lowest BCUT2D eigenvalue weighted by atomic mass is 10.0. The van der Waals surface area contributed by atoms with Gasteiger partial charge in [-0.3, -0.25) is 4.79 Å². The Morgan fingerprint density at radius 1 is 1.53 bits per heavy atom. The van der Waals surface area contributed by atoms with Crippen LogP contribution in [0.1, 0.15) is 22.4 Å². The van der Waals surface area contributed by atoms with Crippen molar-refractivity contribution in [2.75, 3.05) is 0 Å². The number of nitrogens with one attached hydrogen (secondary N) is 1. The van der Waals surface area contributed by atoms with E-state index in [1.54, 1.807) is 0 Å². The zero-order valence-electron chi connectivity index (χ0n) is 9.61. The summed E-state index contributed by atoms with van der Waals surface area (Å²) in [5.74, 6) is -2.67. The van der Waals surface area contributed by atoms with Gasteiger partial charge in [0, 0.05) is 5.38 Å². The first kappa shape index (κ1) is 15.4. The molecule has 0 radical (unpaired) electrons. The predicted molar refractivity (Wildman–Crippen MR) is 59.6 cm³/mol. The van der Waals surface area contributed by atoms with E-state index in [1.807, 2.05) is 5.32 Å². The third kappa shape index (κ3) is 3.41. The molecule has 0 aliphatic heterocycles. The standard InChI is InChI=1S/C9H10F3N3O3S/c1-8(13,9(10,11)12)7(18)14-2-5-15-4(3-19-5)6(16)17/h3H,2,13H2,1H3,(H,14,18)(H,16,17). The van der Waals surface area contributed by atoms with Crippen molar-refractivity contribution in [3.63, 3.8) is 0 Å². The van der Waals surface area contributed by atoms with E-state index in [9.17, 15) is 22.8 Å². The van der Waals surface area contributed by atoms with E-state index < -0.39 is 23.6 Å². The van der Waals surface area contributed by atoms with E-state index in [1.165, 1.54) is 5.38 Å². The molecule has 1 amide bonds. The largest absolute Gasteiger partial charge is 0.476 e. The van der Waals surface area contributed by atoms with Gasteiger partial charge in [-0.1, -0.05) is 0 Å². The summed E-state index contributed by atoms with van der Waals surface area (Å²) in [6, 6.07) is 0. The molecule has 1 rings (SSSR count). The quantitative estimate of drug-likeness (QED) is 0.760. The summed E-state index contributed by atoms with van der Waals surface area (Å²) >= 11 is 0.909. The third-order valence-electron chi connectivity index (χ3n) is 2.23. The number of halogens is 3. The van der Waals surface area contributed by atoms with Crippen LogP contribution in [0.4, 0.5) is 13.2 Å². The summed E-state index contributed by atoms with van der Waals surface area (Å²) in [6.07, 6.45) is -4.88. The van der Waals surface area contributed by atoms with Gasteiger partial charge in [0.05, 0.1) is 6.54 Å². The number of aromatic nitrogens is 1. The molecule has 0 aliphatic rings. The first-order valence-electron chi connectivity index (χ1n) is 4.87. The van der Waals surface area contributed by atoms with Crippen LogP contribution >= 0.6 is 11.3 Å². The molecule has 1 heterocycles. The molecule has 0 saturated carbocycles. The molecule has 0 aliphatic carbocycles. The molecule has 1 atom stereocenters. The smallest absolute Gasteiger partial charge is 0.415 e. The Morgan fingerprint density at radius 2 is 2.11 bits per heavy atom. The minimum atomic E-state index is -4.88. The lowest BCUT2D eigenvalue weighted by Crippen LogP contribution is -2.61. The topological polar surface area (TPSA) is 105 Å². The van der Waals surface area contributed by atoms with Crippen LogP contribution in [0.3, 0.4) is 0 Å². The summed E-state index contributed by atoms with van der Waals surface area (Å²) in [6.45, 7) is 0.229. The molecule has 1 aromatic rings. The summed E-state index contributed by atoms with van der Waals surface area (Å²) < 4.78 is 37.3. The molecule has 0 spiro atoms. The number of rotatable bonds is 4. The second kappa shape index (κ2) is 5.13. The van der Waals surface area contributed by atoms with E-state index in [-0.39, 0.29) is 17.2 Å². The Kier molecular flexibility index (Phi) is 4.15. The lowest BCUT2D eigenvalue weighted by Gasteiger charge is -2.25. The number of carboxylic acids is 1. The molecular weight excluding hydrogens is 287 g/mol. The van der Waals surface area contributed by atoms with Crippen molar-refractivity contribution in [2.45, 2.75) is 25.2 Å². The van der Waals surface area contributed by atoms with Gasteiger partial charge in [-0.05, 0) is 6.92 Å². The maximum atomic E-state index is 12.4. The maximum absolute atomic E-state index is 12.4. The average Bonchev–Trinajstić information content (AvgIpc) is 2.72. The first-order valence-corrected chi connectivity index (χ1v) is 5.75. The number of nitrogens with zero attached hydrogens (tertiary/aromatic N) is 1. The van der Waals surface area contributed by atoms with Crippen LogP contribution in [0, 0.1) is 0 Å². The van der Waals surface area contributed by atoms with Crippen molar-refractivity contribution in [1.29, 1.82) is 0 Å². The highest BCUT2D eigenvalue weighted by atomic mass is 32.1. The van der Waals surface area contributed by atoms with Gasteiger partial charge < -0.3 is 16.2 Å². The number of nitrogens with two attached hydrogens (primary N) is 1. The Hall–Kier alpha value is -1.68. The first-order chi connectivity index (χ1) is 8.55. The van der Waals surface area contributed by atoms with Crippen molar-refractivity contribution in [3.05, 3.63) is 16.1 Å². The molecule has 1 unspecified atom stereocenters. The Morgan fingerprint density at radius 3 is 2.53 bits per heavy atom. The highest BCUT2D eigenvalue weighted by Crippen LogP contribution is 2.28. The summed E-state index contributed by atoms with van der Waals surface area (Å²) in [4.78, 5) is 25.5. The van der Waals surface area contributed by atoms with Crippen LogP contribution in [0.2, 0.25) is 0 Å². The number of aromatic carboxylic acids is 1. The van der Waals surface area contributed by atoms with E-state index in [0.29, 0.717) is 6.92 Å². The number of hydrogen-bond acceptors (Lipinski definition) is 5. The zero-order valence-corrected chi connectivity index (χ0v) is 10.4. The van der Waals surface area contributed by atoms with Crippen molar-refractivity contribution in [2.24, 2.45) is 5.73 Å². The van der Waals surface area contributed by atoms with Gasteiger partial charge in [-0.2, -0.15) is 13.2 Å². The lowest BCUT2D eigenvalue weighted by molar-refractivity contribution is -0.187. The molecule has 10 heteroatoms. The second-order valence-corrected chi connectivity index (χ2v) is 4.76. The fourth-order valence-electron chi connectivity index (χ4n) is 0.959. The Labute approximate surface area is 109 Å². The monoisotopic (exact) mass is 297 g/mol. The number of alkyl halides is 3. The van der Waals surface area contributed by atoms with Crippen LogP contribution in [-0.4, -0.2) is 33.7 Å². The van der Waals surface area contributed by atoms with Gasteiger partial charge in [0.2, 0.25) is 5.91 Å². The SMILES string of the molecule is CC(N)(C(=O)NCc1nc(C(=O)O)cs1)C(F)(F)F. The van der Waals surface area contributed by atoms with E-state index in [2.05, 4.69) is 4.98 Å². The van der Waals surface area contributed by atoms with Crippen LogP contribution in [0.15, 0.2) is 5.38 Å². The van der Waals surface area contributed by atoms with Gasteiger partial charge >= 0.3 is 12.1 Å². The maximum Gasteiger partial charge on any atom is 0.415 e. The summed E-state index contributed by atoms with van der Waals surface area (Å²) in [5.41, 5.74) is 1.66. The molecule has 0 fully saturated rings. The van der Waals surface area contributed by atoms with Crippen molar-refractivity contribution >= 4 is 23.2 Å². The highest BCUT2D eigenvalue weighted by Gasteiger charge is 2.53. The minimum Gasteiger partial charge on any atom is -0.476 e. The fraction of sp³-hybridized carbons (Fsp3) is 0.444. The number of hydrogen-bond donors (Lipinski definition) is 3. The Balaban J connectivity index is 2.66. The summed E-state index contributed by atoms with van der Waals surface area (Å²) in [5, 5.41) is 12.0. The van der Waals surface area contributed by atoms with Crippen molar-refractivity contribution in [3.8, 4) is 0 Å². The van der Waals surface area contributed by atoms with Crippen LogP contribution < -0.4 is 11.1 Å². The minimum absolute atomic E-state index is 0.170. The van der Waals surface area contributed by atoms with Crippen molar-refractivity contribution in [1.82, 2.24) is 10.3 Å². The van der Waals surface area contributed by atoms with Gasteiger partial charge in [0.25, 0.3) is 0 Å². The number of carbonyl (C=O) groups excluding carboxylic acids is 1. The summed E-state index contributed by atoms with van der Waals surface area (Å²) in [7, 11) is 0. The van der Waals surface area contributed by atoms with Crippen LogP contribution in [-0.2, 0) is 11.3 Å². The van der Waals surface area contributed by atoms with Crippen LogP contribution in [0.25, 0.3) is 0 Å². The number of amides is 1. The van der Waals surface area contributed by atoms with Gasteiger partial charge in [-0.15, -0.1) is 11.3 Å². The van der Waals surface area contributed by atoms with Gasteiger partial charge in [-0.25, -0.2) is 9.78 Å². The number of carboxylic acid groups (broad SMARTS) is 1. The molecule has 0 aromatic carbocycles. The Bertz CT molecular complexity index is 498. The van der Waals surface area contributed by atoms with Gasteiger partial charge in [0.15, 0.2) is 11.2 Å². The van der Waals surface area contributed by atoms with Gasteiger partial charge in [0.1, 0.15) is 5.01 Å². The molecule has 19 heavy (non-hydrogen) atoms. The average molecular weight is 297 g/mol. The molecule has 0 saturated heterocycles. The van der Waals surface area contributed by atoms with E-state index in [0.717, 1.165) is 11.3 Å². The molecular formula is C9H10F3N3O3S. The molecule has 6 nitrogen and oxygen atoms in total. The predicted octanol–water partition coefficient (Wildman–Crippen LogP) is 0.737. The van der Waals surface area contributed by atoms with Crippen LogP contribution in [0.5, 0.6) is 0 Å². The molecule has 0 bridgehead atoms. The fourth-order valence-corrected chi connectivity index (χ4v) is 1.67. The molecule has 4 N–H and O–H groups in total. The van der Waals surface area contributed by atoms with E-state index in [4.69, 9.17) is 10.8 Å². The number of carbonyl (C=O) groups is 2. The molecule has 106 valence electrons. The normalized spacial score (nSPS) is 14.8. The third-order valence-corrected chi connectivity index (χ3v) is 3.08. The molecule has 1 aromatic heterocycles. The number of thiazole rings is 1. The highest BCUT2D eigenvalue weighted by molar-refractivity contribution is 7.09. The van der Waals surface area contributed by atoms with E-state index >= 15 is 0 Å². The van der Waals surface area contributed by atoms with Crippen molar-refractivity contribution < 1.29 is 27.9 Å².